The topological polar surface area (TPSA) is 51.1 Å². The monoisotopic (exact) mass is 308 g/mol. The Hall–Kier alpha value is -1.33. The van der Waals surface area contributed by atoms with E-state index in [2.05, 4.69) is 41.9 Å². The number of nitrogens with zero attached hydrogens (tertiary/aromatic N) is 1. The Kier molecular flexibility index (Phi) is 4.74. The van der Waals surface area contributed by atoms with Crippen LogP contribution in [-0.4, -0.2) is 31.5 Å². The van der Waals surface area contributed by atoms with Crippen molar-refractivity contribution in [2.45, 2.75) is 33.9 Å². The maximum Gasteiger partial charge on any atom is 0.151 e. The van der Waals surface area contributed by atoms with E-state index in [0.717, 1.165) is 17.8 Å². The average Bonchev–Trinajstić information content (AvgIpc) is 2.70. The summed E-state index contributed by atoms with van der Waals surface area (Å²) in [6.07, 6.45) is 0. The second-order valence-electron chi connectivity index (χ2n) is 5.48. The number of rotatable bonds is 6. The van der Waals surface area contributed by atoms with Gasteiger partial charge >= 0.3 is 0 Å². The van der Waals surface area contributed by atoms with Gasteiger partial charge in [-0.3, -0.25) is 0 Å². The molecule has 0 amide bonds. The fourth-order valence-corrected chi connectivity index (χ4v) is 3.42. The number of sulfone groups is 1. The van der Waals surface area contributed by atoms with E-state index in [1.165, 1.54) is 16.5 Å². The smallest absolute Gasteiger partial charge is 0.151 e. The van der Waals surface area contributed by atoms with Crippen LogP contribution in [0.3, 0.4) is 0 Å². The normalized spacial score (nSPS) is 12.2. The molecule has 0 saturated carbocycles. The van der Waals surface area contributed by atoms with Crippen LogP contribution in [0.15, 0.2) is 18.2 Å². The van der Waals surface area contributed by atoms with Crippen molar-refractivity contribution in [2.75, 3.05) is 18.6 Å². The van der Waals surface area contributed by atoms with E-state index in [9.17, 15) is 8.42 Å². The SMILES string of the molecule is CCS(=O)(=O)CCn1c(C)c(C)c2cc(CNC)ccc21. The summed E-state index contributed by atoms with van der Waals surface area (Å²) in [7, 11) is -1.01. The highest BCUT2D eigenvalue weighted by Crippen LogP contribution is 2.26. The molecule has 0 atom stereocenters. The van der Waals surface area contributed by atoms with Crippen LogP contribution in [0.1, 0.15) is 23.7 Å². The molecule has 2 aromatic rings. The second kappa shape index (κ2) is 6.20. The molecule has 0 saturated heterocycles. The van der Waals surface area contributed by atoms with Crippen LogP contribution in [0.25, 0.3) is 10.9 Å². The molecule has 0 fully saturated rings. The van der Waals surface area contributed by atoms with Gasteiger partial charge in [0.15, 0.2) is 9.84 Å². The van der Waals surface area contributed by atoms with E-state index < -0.39 is 9.84 Å². The Morgan fingerprint density at radius 1 is 1.24 bits per heavy atom. The van der Waals surface area contributed by atoms with Gasteiger partial charge in [0.25, 0.3) is 0 Å². The summed E-state index contributed by atoms with van der Waals surface area (Å²) in [6, 6.07) is 6.39. The van der Waals surface area contributed by atoms with Crippen LogP contribution in [0, 0.1) is 13.8 Å². The number of fused-ring (bicyclic) bond motifs is 1. The highest BCUT2D eigenvalue weighted by molar-refractivity contribution is 7.91. The molecule has 0 aliphatic carbocycles. The van der Waals surface area contributed by atoms with Crippen molar-refractivity contribution in [3.8, 4) is 0 Å². The van der Waals surface area contributed by atoms with Crippen LogP contribution in [0.2, 0.25) is 0 Å². The van der Waals surface area contributed by atoms with Crippen LogP contribution >= 0.6 is 0 Å². The number of hydrogen-bond acceptors (Lipinski definition) is 3. The minimum absolute atomic E-state index is 0.200. The molecule has 5 heteroatoms. The average molecular weight is 308 g/mol. The molecular weight excluding hydrogens is 284 g/mol. The third-order valence-electron chi connectivity index (χ3n) is 4.15. The Bertz CT molecular complexity index is 745. The van der Waals surface area contributed by atoms with Crippen molar-refractivity contribution in [1.29, 1.82) is 0 Å². The van der Waals surface area contributed by atoms with Gasteiger partial charge in [-0.1, -0.05) is 13.0 Å². The fourth-order valence-electron chi connectivity index (χ4n) is 2.67. The lowest BCUT2D eigenvalue weighted by molar-refractivity contribution is 0.590. The minimum atomic E-state index is -2.94. The minimum Gasteiger partial charge on any atom is -0.344 e. The lowest BCUT2D eigenvalue weighted by Crippen LogP contribution is -2.15. The molecule has 1 aromatic heterocycles. The Labute approximate surface area is 127 Å². The molecule has 1 N–H and O–H groups in total. The molecule has 1 aromatic carbocycles. The predicted octanol–water partition coefficient (Wildman–Crippen LogP) is 2.41. The van der Waals surface area contributed by atoms with Crippen LogP contribution in [0.4, 0.5) is 0 Å². The van der Waals surface area contributed by atoms with Crippen LogP contribution in [-0.2, 0) is 22.9 Å². The maximum atomic E-state index is 11.7. The number of benzene rings is 1. The van der Waals surface area contributed by atoms with Gasteiger partial charge in [0.05, 0.1) is 5.75 Å². The van der Waals surface area contributed by atoms with E-state index in [0.29, 0.717) is 6.54 Å². The van der Waals surface area contributed by atoms with Crippen LogP contribution in [0.5, 0.6) is 0 Å². The Morgan fingerprint density at radius 2 is 1.95 bits per heavy atom. The van der Waals surface area contributed by atoms with E-state index in [1.54, 1.807) is 6.92 Å². The van der Waals surface area contributed by atoms with Gasteiger partial charge in [-0.25, -0.2) is 8.42 Å². The quantitative estimate of drug-likeness (QED) is 0.891. The third-order valence-corrected chi connectivity index (χ3v) is 5.83. The first kappa shape index (κ1) is 16.0. The molecule has 0 aliphatic heterocycles. The zero-order valence-electron chi connectivity index (χ0n) is 13.2. The highest BCUT2D eigenvalue weighted by Gasteiger charge is 2.14. The summed E-state index contributed by atoms with van der Waals surface area (Å²) < 4.78 is 25.6. The highest BCUT2D eigenvalue weighted by atomic mass is 32.2. The molecule has 0 spiro atoms. The molecule has 0 bridgehead atoms. The van der Waals surface area contributed by atoms with Gasteiger partial charge in [0.1, 0.15) is 0 Å². The standard InChI is InChI=1S/C16H24N2O2S/c1-5-21(19,20)9-8-18-13(3)12(2)15-10-14(11-17-4)6-7-16(15)18/h6-7,10,17H,5,8-9,11H2,1-4H3. The van der Waals surface area contributed by atoms with Gasteiger partial charge in [0.2, 0.25) is 0 Å². The molecule has 21 heavy (non-hydrogen) atoms. The number of nitrogens with one attached hydrogen (secondary N) is 1. The summed E-state index contributed by atoms with van der Waals surface area (Å²) in [5.41, 5.74) is 4.75. The molecule has 116 valence electrons. The van der Waals surface area contributed by atoms with E-state index in [1.807, 2.05) is 7.05 Å². The largest absolute Gasteiger partial charge is 0.344 e. The molecule has 0 radical (unpaired) electrons. The Balaban J connectivity index is 2.42. The summed E-state index contributed by atoms with van der Waals surface area (Å²) in [5.74, 6) is 0.405. The van der Waals surface area contributed by atoms with Crippen molar-refractivity contribution in [1.82, 2.24) is 9.88 Å². The number of aromatic nitrogens is 1. The van der Waals surface area contributed by atoms with Crippen molar-refractivity contribution < 1.29 is 8.42 Å². The van der Waals surface area contributed by atoms with Gasteiger partial charge in [0, 0.05) is 35.4 Å². The van der Waals surface area contributed by atoms with E-state index in [4.69, 9.17) is 0 Å². The summed E-state index contributed by atoms with van der Waals surface area (Å²) in [6.45, 7) is 7.23. The predicted molar refractivity (Wildman–Crippen MR) is 88.5 cm³/mol. The van der Waals surface area contributed by atoms with E-state index >= 15 is 0 Å². The summed E-state index contributed by atoms with van der Waals surface area (Å²) >= 11 is 0. The molecule has 2 rings (SSSR count). The molecule has 0 unspecified atom stereocenters. The third kappa shape index (κ3) is 3.30. The molecular formula is C16H24N2O2S. The van der Waals surface area contributed by atoms with Crippen molar-refractivity contribution >= 4 is 20.7 Å². The lowest BCUT2D eigenvalue weighted by atomic mass is 10.1. The van der Waals surface area contributed by atoms with Gasteiger partial charge in [-0.2, -0.15) is 0 Å². The number of aryl methyl sites for hydroxylation is 2. The van der Waals surface area contributed by atoms with E-state index in [-0.39, 0.29) is 11.5 Å². The second-order valence-corrected chi connectivity index (χ2v) is 7.95. The molecule has 0 aliphatic rings. The van der Waals surface area contributed by atoms with Crippen molar-refractivity contribution in [2.24, 2.45) is 0 Å². The lowest BCUT2D eigenvalue weighted by Gasteiger charge is -2.09. The van der Waals surface area contributed by atoms with Gasteiger partial charge in [-0.05, 0) is 44.2 Å². The van der Waals surface area contributed by atoms with Crippen molar-refractivity contribution in [3.05, 3.63) is 35.0 Å². The summed E-state index contributed by atoms with van der Waals surface area (Å²) in [4.78, 5) is 0. The first-order valence-electron chi connectivity index (χ1n) is 7.33. The zero-order chi connectivity index (χ0) is 15.6. The van der Waals surface area contributed by atoms with Crippen molar-refractivity contribution in [3.63, 3.8) is 0 Å². The molecule has 1 heterocycles. The van der Waals surface area contributed by atoms with Gasteiger partial charge < -0.3 is 9.88 Å². The Morgan fingerprint density at radius 3 is 2.57 bits per heavy atom. The number of hydrogen-bond donors (Lipinski definition) is 1. The summed E-state index contributed by atoms with van der Waals surface area (Å²) in [5, 5.41) is 4.37. The maximum absolute atomic E-state index is 11.7. The first-order valence-corrected chi connectivity index (χ1v) is 9.15. The zero-order valence-corrected chi connectivity index (χ0v) is 14.0. The molecule has 4 nitrogen and oxygen atoms in total. The fraction of sp³-hybridized carbons (Fsp3) is 0.500. The van der Waals surface area contributed by atoms with Gasteiger partial charge in [-0.15, -0.1) is 0 Å². The first-order chi connectivity index (χ1) is 9.89. The van der Waals surface area contributed by atoms with Crippen LogP contribution < -0.4 is 5.32 Å².